The molecule has 0 radical (unpaired) electrons. The molecule has 0 aliphatic carbocycles. The average Bonchev–Trinajstić information content (AvgIpc) is 2.62. The molecule has 3 aromatic rings. The Labute approximate surface area is 103 Å². The molecule has 4 nitrogen and oxygen atoms in total. The maximum Gasteiger partial charge on any atom is 0.160 e. The molecule has 0 saturated carbocycles. The SMILES string of the molecule is COc1ccc2nc3c(cc2c1)c(Cl)nn3C. The fraction of sp³-hybridized carbons (Fsp3) is 0.167. The van der Waals surface area contributed by atoms with Crippen molar-refractivity contribution in [2.75, 3.05) is 7.11 Å². The van der Waals surface area contributed by atoms with Crippen molar-refractivity contribution in [3.8, 4) is 5.75 Å². The van der Waals surface area contributed by atoms with Crippen molar-refractivity contribution in [3.05, 3.63) is 29.4 Å². The number of nitrogens with zero attached hydrogens (tertiary/aromatic N) is 3. The Morgan fingerprint density at radius 3 is 2.88 bits per heavy atom. The monoisotopic (exact) mass is 247 g/mol. The van der Waals surface area contributed by atoms with E-state index < -0.39 is 0 Å². The Bertz CT molecular complexity index is 720. The van der Waals surface area contributed by atoms with Gasteiger partial charge in [-0.1, -0.05) is 11.6 Å². The van der Waals surface area contributed by atoms with Crippen LogP contribution >= 0.6 is 11.6 Å². The number of aromatic nitrogens is 3. The van der Waals surface area contributed by atoms with Crippen molar-refractivity contribution in [1.29, 1.82) is 0 Å². The van der Waals surface area contributed by atoms with Gasteiger partial charge in [0.1, 0.15) is 5.75 Å². The maximum atomic E-state index is 6.05. The van der Waals surface area contributed by atoms with Crippen LogP contribution in [0.1, 0.15) is 0 Å². The summed E-state index contributed by atoms with van der Waals surface area (Å²) in [5, 5.41) is 6.46. The Hall–Kier alpha value is -1.81. The van der Waals surface area contributed by atoms with E-state index in [1.807, 2.05) is 31.3 Å². The lowest BCUT2D eigenvalue weighted by Gasteiger charge is -2.02. The van der Waals surface area contributed by atoms with Crippen LogP contribution < -0.4 is 4.74 Å². The zero-order valence-corrected chi connectivity index (χ0v) is 10.2. The van der Waals surface area contributed by atoms with E-state index in [4.69, 9.17) is 16.3 Å². The molecular weight excluding hydrogens is 238 g/mol. The second-order valence-electron chi connectivity index (χ2n) is 3.83. The van der Waals surface area contributed by atoms with E-state index in [0.717, 1.165) is 27.7 Å². The third kappa shape index (κ3) is 1.52. The molecule has 1 aromatic carbocycles. The van der Waals surface area contributed by atoms with Crippen molar-refractivity contribution in [2.45, 2.75) is 0 Å². The first-order valence-corrected chi connectivity index (χ1v) is 5.54. The Balaban J connectivity index is 2.41. The molecule has 0 saturated heterocycles. The van der Waals surface area contributed by atoms with Crippen LogP contribution in [0.2, 0.25) is 5.15 Å². The molecule has 0 spiro atoms. The van der Waals surface area contributed by atoms with Gasteiger partial charge in [-0.05, 0) is 24.3 Å². The molecule has 2 aromatic heterocycles. The summed E-state index contributed by atoms with van der Waals surface area (Å²) in [7, 11) is 3.47. The highest BCUT2D eigenvalue weighted by molar-refractivity contribution is 6.34. The number of halogens is 1. The number of hydrogen-bond acceptors (Lipinski definition) is 3. The lowest BCUT2D eigenvalue weighted by molar-refractivity contribution is 0.415. The molecule has 0 aliphatic rings. The Morgan fingerprint density at radius 1 is 1.29 bits per heavy atom. The van der Waals surface area contributed by atoms with Gasteiger partial charge in [-0.25, -0.2) is 9.67 Å². The summed E-state index contributed by atoms with van der Waals surface area (Å²) >= 11 is 6.05. The number of benzene rings is 1. The topological polar surface area (TPSA) is 39.9 Å². The second-order valence-corrected chi connectivity index (χ2v) is 4.19. The van der Waals surface area contributed by atoms with Gasteiger partial charge in [0.05, 0.1) is 18.0 Å². The van der Waals surface area contributed by atoms with Gasteiger partial charge in [0.2, 0.25) is 0 Å². The number of ether oxygens (including phenoxy) is 1. The van der Waals surface area contributed by atoms with Gasteiger partial charge in [-0.15, -0.1) is 0 Å². The third-order valence-corrected chi connectivity index (χ3v) is 3.05. The highest BCUT2D eigenvalue weighted by Gasteiger charge is 2.09. The average molecular weight is 248 g/mol. The normalized spacial score (nSPS) is 11.2. The first-order chi connectivity index (χ1) is 8.19. The van der Waals surface area contributed by atoms with Crippen molar-refractivity contribution in [3.63, 3.8) is 0 Å². The Kier molecular flexibility index (Phi) is 2.19. The van der Waals surface area contributed by atoms with Crippen molar-refractivity contribution in [1.82, 2.24) is 14.8 Å². The smallest absolute Gasteiger partial charge is 0.160 e. The molecule has 2 heterocycles. The van der Waals surface area contributed by atoms with Gasteiger partial charge in [0, 0.05) is 12.4 Å². The van der Waals surface area contributed by atoms with E-state index in [1.165, 1.54) is 0 Å². The summed E-state index contributed by atoms with van der Waals surface area (Å²) in [5.41, 5.74) is 1.69. The molecule has 0 atom stereocenters. The van der Waals surface area contributed by atoms with E-state index in [1.54, 1.807) is 11.8 Å². The fourth-order valence-corrected chi connectivity index (χ4v) is 2.16. The predicted octanol–water partition coefficient (Wildman–Crippen LogP) is 2.78. The first kappa shape index (κ1) is 10.4. The first-order valence-electron chi connectivity index (χ1n) is 5.16. The van der Waals surface area contributed by atoms with Crippen LogP contribution in [-0.2, 0) is 7.05 Å². The molecule has 0 unspecified atom stereocenters. The summed E-state index contributed by atoms with van der Waals surface area (Å²) < 4.78 is 6.87. The predicted molar refractivity (Wildman–Crippen MR) is 67.6 cm³/mol. The molecule has 0 bridgehead atoms. The minimum Gasteiger partial charge on any atom is -0.497 e. The van der Waals surface area contributed by atoms with Crippen LogP contribution in [0.4, 0.5) is 0 Å². The number of rotatable bonds is 1. The van der Waals surface area contributed by atoms with E-state index in [2.05, 4.69) is 10.1 Å². The summed E-state index contributed by atoms with van der Waals surface area (Å²) in [6.45, 7) is 0. The van der Waals surface area contributed by atoms with Crippen LogP contribution in [0.5, 0.6) is 5.75 Å². The summed E-state index contributed by atoms with van der Waals surface area (Å²) in [6.07, 6.45) is 0. The number of methoxy groups -OCH3 is 1. The summed E-state index contributed by atoms with van der Waals surface area (Å²) in [5.74, 6) is 0.804. The van der Waals surface area contributed by atoms with Crippen LogP contribution in [0, 0.1) is 0 Å². The molecule has 0 amide bonds. The molecular formula is C12H10ClN3O. The van der Waals surface area contributed by atoms with Crippen LogP contribution in [0.15, 0.2) is 24.3 Å². The zero-order valence-electron chi connectivity index (χ0n) is 9.44. The molecule has 0 N–H and O–H groups in total. The number of fused-ring (bicyclic) bond motifs is 2. The number of hydrogen-bond donors (Lipinski definition) is 0. The number of pyridine rings is 1. The van der Waals surface area contributed by atoms with Crippen molar-refractivity contribution < 1.29 is 4.74 Å². The molecule has 86 valence electrons. The molecule has 5 heteroatoms. The van der Waals surface area contributed by atoms with E-state index in [9.17, 15) is 0 Å². The molecule has 17 heavy (non-hydrogen) atoms. The van der Waals surface area contributed by atoms with Gasteiger partial charge in [0.25, 0.3) is 0 Å². The second kappa shape index (κ2) is 3.60. The van der Waals surface area contributed by atoms with E-state index in [-0.39, 0.29) is 0 Å². The standard InChI is InChI=1S/C12H10ClN3O/c1-16-12-9(11(13)15-16)6-7-5-8(17-2)3-4-10(7)14-12/h3-6H,1-2H3. The van der Waals surface area contributed by atoms with Gasteiger partial charge < -0.3 is 4.74 Å². The lowest BCUT2D eigenvalue weighted by atomic mass is 10.2. The zero-order chi connectivity index (χ0) is 12.0. The number of aryl methyl sites for hydroxylation is 1. The lowest BCUT2D eigenvalue weighted by Crippen LogP contribution is -1.92. The Morgan fingerprint density at radius 2 is 2.12 bits per heavy atom. The van der Waals surface area contributed by atoms with Crippen LogP contribution in [-0.4, -0.2) is 21.9 Å². The van der Waals surface area contributed by atoms with Crippen molar-refractivity contribution in [2.24, 2.45) is 7.05 Å². The summed E-state index contributed by atoms with van der Waals surface area (Å²) in [6, 6.07) is 7.73. The van der Waals surface area contributed by atoms with Gasteiger partial charge in [-0.2, -0.15) is 5.10 Å². The maximum absolute atomic E-state index is 6.05. The van der Waals surface area contributed by atoms with Crippen LogP contribution in [0.25, 0.3) is 21.9 Å². The van der Waals surface area contributed by atoms with E-state index >= 15 is 0 Å². The van der Waals surface area contributed by atoms with Crippen molar-refractivity contribution >= 4 is 33.5 Å². The van der Waals surface area contributed by atoms with Crippen LogP contribution in [0.3, 0.4) is 0 Å². The minimum absolute atomic E-state index is 0.472. The summed E-state index contributed by atoms with van der Waals surface area (Å²) in [4.78, 5) is 4.53. The minimum atomic E-state index is 0.472. The highest BCUT2D eigenvalue weighted by Crippen LogP contribution is 2.27. The van der Waals surface area contributed by atoms with Gasteiger partial charge >= 0.3 is 0 Å². The van der Waals surface area contributed by atoms with Gasteiger partial charge in [0.15, 0.2) is 10.8 Å². The third-order valence-electron chi connectivity index (χ3n) is 2.77. The molecule has 0 aliphatic heterocycles. The fourth-order valence-electron chi connectivity index (χ4n) is 1.90. The van der Waals surface area contributed by atoms with Gasteiger partial charge in [-0.3, -0.25) is 0 Å². The molecule has 3 rings (SSSR count). The van der Waals surface area contributed by atoms with E-state index in [0.29, 0.717) is 5.15 Å². The largest absolute Gasteiger partial charge is 0.497 e. The quantitative estimate of drug-likeness (QED) is 0.664. The highest BCUT2D eigenvalue weighted by atomic mass is 35.5. The molecule has 0 fully saturated rings.